The summed E-state index contributed by atoms with van der Waals surface area (Å²) >= 11 is 5.39. The molecule has 2 saturated heterocycles. The molecule has 2 aliphatic heterocycles. The number of hydrogen-bond donors (Lipinski definition) is 1. The number of hydrogen-bond acceptors (Lipinski definition) is 9. The van der Waals surface area contributed by atoms with Gasteiger partial charge in [-0.2, -0.15) is 18.4 Å². The number of carbonyl (C=O) groups is 3. The summed E-state index contributed by atoms with van der Waals surface area (Å²) in [5, 5.41) is 11.5. The van der Waals surface area contributed by atoms with Crippen molar-refractivity contribution in [3.63, 3.8) is 0 Å². The molecule has 2 fully saturated rings. The van der Waals surface area contributed by atoms with Crippen molar-refractivity contribution < 1.29 is 50.5 Å². The van der Waals surface area contributed by atoms with E-state index in [1.807, 2.05) is 32.6 Å². The van der Waals surface area contributed by atoms with Crippen LogP contribution in [-0.2, 0) is 30.0 Å². The van der Waals surface area contributed by atoms with Crippen LogP contribution >= 0.6 is 12.2 Å². The molecule has 3 heterocycles. The number of pyridine rings is 1. The Balaban J connectivity index is 1.19. The maximum absolute atomic E-state index is 15.3. The number of rotatable bonds is 16. The van der Waals surface area contributed by atoms with Crippen LogP contribution in [0.5, 0.6) is 5.88 Å². The van der Waals surface area contributed by atoms with Crippen LogP contribution in [0, 0.1) is 28.4 Å². The van der Waals surface area contributed by atoms with Crippen LogP contribution < -0.4 is 19.9 Å². The second-order valence-corrected chi connectivity index (χ2v) is 15.6. The first-order valence-corrected chi connectivity index (χ1v) is 18.6. The number of carbonyl (C=O) groups excluding carboxylic acids is 3. The normalized spacial score (nSPS) is 17.7. The van der Waals surface area contributed by atoms with Gasteiger partial charge in [0.05, 0.1) is 35.8 Å². The van der Waals surface area contributed by atoms with Gasteiger partial charge in [-0.25, -0.2) is 13.8 Å². The van der Waals surface area contributed by atoms with Gasteiger partial charge in [0.2, 0.25) is 11.8 Å². The van der Waals surface area contributed by atoms with Crippen molar-refractivity contribution in [1.29, 1.82) is 5.26 Å². The van der Waals surface area contributed by atoms with Crippen LogP contribution in [0.4, 0.5) is 33.3 Å². The fraction of sp³-hybridized carbons (Fsp3) is 0.579. The highest BCUT2D eigenvalue weighted by atomic mass is 32.1. The van der Waals surface area contributed by atoms with Gasteiger partial charge in [0.25, 0.3) is 11.8 Å². The summed E-state index contributed by atoms with van der Waals surface area (Å²) in [5.74, 6) is -4.41. The lowest BCUT2D eigenvalue weighted by molar-refractivity contribution is -0.141. The molecule has 2 atom stereocenters. The average molecular weight is 811 g/mol. The second kappa shape index (κ2) is 18.2. The molecular weight excluding hydrogens is 764 g/mol. The highest BCUT2D eigenvalue weighted by Crippen LogP contribution is 2.42. The lowest BCUT2D eigenvalue weighted by Crippen LogP contribution is -2.56. The minimum atomic E-state index is -5.23. The van der Waals surface area contributed by atoms with E-state index < -0.39 is 62.6 Å². The van der Waals surface area contributed by atoms with Crippen LogP contribution in [-0.4, -0.2) is 89.9 Å². The zero-order valence-corrected chi connectivity index (χ0v) is 33.0. The Hall–Kier alpha value is -4.47. The number of amides is 3. The molecule has 3 amide bonds. The van der Waals surface area contributed by atoms with Gasteiger partial charge in [0, 0.05) is 38.5 Å². The highest BCUT2D eigenvalue weighted by Gasteiger charge is 2.52. The average Bonchev–Trinajstić information content (AvgIpc) is 3.61. The number of halogens is 5. The number of aromatic nitrogens is 1. The fourth-order valence-corrected chi connectivity index (χ4v) is 6.99. The quantitative estimate of drug-likeness (QED) is 0.117. The molecule has 0 saturated carbocycles. The first-order valence-electron chi connectivity index (χ1n) is 18.2. The number of nitrogens with one attached hydrogen (secondary N) is 1. The molecule has 306 valence electrons. The molecular formula is C38H47F5N6O6S. The number of likely N-dealkylation sites (tertiary alicyclic amines) is 1. The molecule has 0 aliphatic carbocycles. The third-order valence-corrected chi connectivity index (χ3v) is 9.84. The smallest absolute Gasteiger partial charge is 0.420 e. The minimum absolute atomic E-state index is 0.0276. The van der Waals surface area contributed by atoms with E-state index in [2.05, 4.69) is 10.3 Å². The van der Waals surface area contributed by atoms with Gasteiger partial charge in [-0.15, -0.1) is 0 Å². The maximum Gasteiger partial charge on any atom is 0.420 e. The molecule has 12 nitrogen and oxygen atoms in total. The zero-order chi connectivity index (χ0) is 41.6. The van der Waals surface area contributed by atoms with E-state index in [0.717, 1.165) is 35.9 Å². The predicted molar refractivity (Wildman–Crippen MR) is 200 cm³/mol. The van der Waals surface area contributed by atoms with Gasteiger partial charge in [-0.1, -0.05) is 20.8 Å². The van der Waals surface area contributed by atoms with Crippen molar-refractivity contribution in [3.05, 3.63) is 47.2 Å². The number of nitriles is 1. The first kappa shape index (κ1) is 44.2. The molecule has 56 heavy (non-hydrogen) atoms. The molecule has 4 rings (SSSR count). The predicted octanol–water partition coefficient (Wildman–Crippen LogP) is 6.29. The van der Waals surface area contributed by atoms with Gasteiger partial charge < -0.3 is 29.3 Å². The second-order valence-electron chi connectivity index (χ2n) is 15.2. The van der Waals surface area contributed by atoms with Gasteiger partial charge in [-0.3, -0.25) is 19.3 Å². The molecule has 0 spiro atoms. The molecule has 1 N–H and O–H groups in total. The van der Waals surface area contributed by atoms with E-state index in [4.69, 9.17) is 31.7 Å². The zero-order valence-electron chi connectivity index (χ0n) is 32.2. The van der Waals surface area contributed by atoms with Crippen molar-refractivity contribution in [2.24, 2.45) is 5.41 Å². The summed E-state index contributed by atoms with van der Waals surface area (Å²) in [6, 6.07) is 3.40. The number of thiocarbonyl (C=S) groups is 1. The molecule has 2 aliphatic rings. The van der Waals surface area contributed by atoms with E-state index in [1.165, 1.54) is 26.1 Å². The van der Waals surface area contributed by atoms with E-state index in [9.17, 15) is 27.6 Å². The summed E-state index contributed by atoms with van der Waals surface area (Å²) in [4.78, 5) is 46.7. The molecule has 18 heteroatoms. The third-order valence-electron chi connectivity index (χ3n) is 9.47. The van der Waals surface area contributed by atoms with Gasteiger partial charge in [0.1, 0.15) is 23.8 Å². The van der Waals surface area contributed by atoms with Gasteiger partial charge in [0.15, 0.2) is 16.7 Å². The van der Waals surface area contributed by atoms with Gasteiger partial charge >= 0.3 is 6.18 Å². The van der Waals surface area contributed by atoms with E-state index >= 15 is 8.78 Å². The van der Waals surface area contributed by atoms with Crippen LogP contribution in [0.3, 0.4) is 0 Å². The fourth-order valence-electron chi connectivity index (χ4n) is 6.48. The van der Waals surface area contributed by atoms with Crippen molar-refractivity contribution in [2.75, 3.05) is 49.4 Å². The molecule has 0 bridgehead atoms. The number of alkyl halides is 3. The van der Waals surface area contributed by atoms with Crippen molar-refractivity contribution in [2.45, 2.75) is 97.4 Å². The Kier molecular flexibility index (Phi) is 14.4. The highest BCUT2D eigenvalue weighted by molar-refractivity contribution is 7.81. The Morgan fingerprint density at radius 1 is 1.09 bits per heavy atom. The standard InChI is InChI=1S/C38H47F5N6O6S/c1-23-11-9-14-47(23)33(51)31(36(2,3)4)46-28(50)22-54-17-10-16-53-15-7-8-18-55-32-26(39)19-25(21-45-32)49-35(56)48(34(52)37(49,5)6)27-13-12-24(20-44)29(30(27)40)38(41,42)43/h12-13,19,21,23,31H,7-11,14-18,22H2,1-6H3,(H,46,50)/t23-,31?/m1/s1. The number of nitrogens with zero attached hydrogens (tertiary/aromatic N) is 5. The van der Waals surface area contributed by atoms with E-state index in [0.29, 0.717) is 43.9 Å². The topological polar surface area (TPSA) is 137 Å². The molecule has 1 aromatic heterocycles. The van der Waals surface area contributed by atoms with E-state index in [1.54, 1.807) is 0 Å². The maximum atomic E-state index is 15.3. The van der Waals surface area contributed by atoms with Crippen molar-refractivity contribution >= 4 is 46.4 Å². The molecule has 2 aromatic rings. The first-order chi connectivity index (χ1) is 26.2. The molecule has 1 aromatic carbocycles. The summed E-state index contributed by atoms with van der Waals surface area (Å²) in [7, 11) is 0. The Labute approximate surface area is 328 Å². The van der Waals surface area contributed by atoms with Crippen LogP contribution in [0.2, 0.25) is 0 Å². The SMILES string of the molecule is C[C@@H]1CCCN1C(=O)C(NC(=O)COCCCOCCCCOc1ncc(N2C(=S)N(c3ccc(C#N)c(C(F)(F)F)c3F)C(=O)C2(C)C)cc1F)C(C)(C)C. The van der Waals surface area contributed by atoms with Crippen molar-refractivity contribution in [3.8, 4) is 11.9 Å². The van der Waals surface area contributed by atoms with Crippen molar-refractivity contribution in [1.82, 2.24) is 15.2 Å². The Bertz CT molecular complexity index is 1830. The summed E-state index contributed by atoms with van der Waals surface area (Å²) in [6.45, 7) is 12.2. The molecule has 1 unspecified atom stereocenters. The summed E-state index contributed by atoms with van der Waals surface area (Å²) in [6.07, 6.45) is -0.549. The summed E-state index contributed by atoms with van der Waals surface area (Å²) < 4.78 is 87.9. The van der Waals surface area contributed by atoms with E-state index in [-0.39, 0.29) is 49.2 Å². The Morgan fingerprint density at radius 3 is 2.36 bits per heavy atom. The van der Waals surface area contributed by atoms with Crippen LogP contribution in [0.1, 0.15) is 84.8 Å². The number of ether oxygens (including phenoxy) is 3. The summed E-state index contributed by atoms with van der Waals surface area (Å²) in [5.41, 5.74) is -5.68. The number of anilines is 2. The minimum Gasteiger partial charge on any atom is -0.476 e. The van der Waals surface area contributed by atoms with Crippen LogP contribution in [0.15, 0.2) is 24.4 Å². The third kappa shape index (κ3) is 10.1. The number of unbranched alkanes of at least 4 members (excludes halogenated alkanes) is 1. The van der Waals surface area contributed by atoms with Crippen LogP contribution in [0.25, 0.3) is 0 Å². The Morgan fingerprint density at radius 2 is 1.75 bits per heavy atom. The monoisotopic (exact) mass is 810 g/mol. The van der Waals surface area contributed by atoms with Gasteiger partial charge in [-0.05, 0) is 82.6 Å². The largest absolute Gasteiger partial charge is 0.476 e. The number of benzene rings is 1. The lowest BCUT2D eigenvalue weighted by Gasteiger charge is -2.35. The molecule has 0 radical (unpaired) electrons. The lowest BCUT2D eigenvalue weighted by atomic mass is 9.85.